The summed E-state index contributed by atoms with van der Waals surface area (Å²) in [6.07, 6.45) is 8.78. The van der Waals surface area contributed by atoms with Gasteiger partial charge in [0.1, 0.15) is 0 Å². The maximum Gasteiger partial charge on any atom is 0.0934 e. The second kappa shape index (κ2) is 12.5. The van der Waals surface area contributed by atoms with Gasteiger partial charge in [-0.15, -0.1) is 11.3 Å². The molecular weight excluding hydrogens is 460 g/mol. The molecule has 1 aliphatic heterocycles. The zero-order chi connectivity index (χ0) is 24.5. The number of likely N-dealkylation sites (N-methyl/N-ethyl adjacent to an activating group) is 1. The fourth-order valence-corrected chi connectivity index (χ4v) is 5.40. The first-order chi connectivity index (χ1) is 16.4. The van der Waals surface area contributed by atoms with Crippen molar-refractivity contribution in [2.24, 2.45) is 10.7 Å². The SMILES string of the molecule is C/C(N)=C(/C=NCc1cccnc1)c1ccccc1C1CN(C)Cc2sc(Cl)cc21.C=CC=C. The predicted molar refractivity (Wildman–Crippen MR) is 148 cm³/mol. The molecule has 6 heteroatoms. The van der Waals surface area contributed by atoms with Gasteiger partial charge in [-0.2, -0.15) is 0 Å². The molecular formula is C28H31ClN4S. The molecule has 0 saturated carbocycles. The van der Waals surface area contributed by atoms with Gasteiger partial charge in [-0.1, -0.05) is 67.2 Å². The first kappa shape index (κ1) is 25.6. The average Bonchev–Trinajstić information content (AvgIpc) is 3.22. The second-order valence-electron chi connectivity index (χ2n) is 8.16. The van der Waals surface area contributed by atoms with Crippen LogP contribution in [-0.2, 0) is 13.1 Å². The summed E-state index contributed by atoms with van der Waals surface area (Å²) in [5, 5.41) is 0. The van der Waals surface area contributed by atoms with Gasteiger partial charge in [0, 0.05) is 53.8 Å². The topological polar surface area (TPSA) is 54.5 Å². The fraction of sp³-hybridized carbons (Fsp3) is 0.214. The quantitative estimate of drug-likeness (QED) is 0.309. The Kier molecular flexibility index (Phi) is 9.40. The van der Waals surface area contributed by atoms with Crippen LogP contribution in [-0.4, -0.2) is 29.7 Å². The molecule has 2 aromatic heterocycles. The summed E-state index contributed by atoms with van der Waals surface area (Å²) >= 11 is 8.05. The van der Waals surface area contributed by atoms with Crippen LogP contribution in [0.3, 0.4) is 0 Å². The van der Waals surface area contributed by atoms with Crippen molar-refractivity contribution in [3.8, 4) is 0 Å². The van der Waals surface area contributed by atoms with Crippen LogP contribution in [0.2, 0.25) is 4.34 Å². The Balaban J connectivity index is 0.000000751. The molecule has 3 aromatic rings. The van der Waals surface area contributed by atoms with Crippen molar-refractivity contribution in [1.82, 2.24) is 9.88 Å². The van der Waals surface area contributed by atoms with Crippen LogP contribution in [0, 0.1) is 0 Å². The van der Waals surface area contributed by atoms with E-state index in [0.717, 1.165) is 39.8 Å². The van der Waals surface area contributed by atoms with Crippen LogP contribution in [0.25, 0.3) is 5.57 Å². The summed E-state index contributed by atoms with van der Waals surface area (Å²) in [4.78, 5) is 12.5. The molecule has 4 nitrogen and oxygen atoms in total. The molecule has 2 N–H and O–H groups in total. The third kappa shape index (κ3) is 6.54. The molecule has 0 aliphatic carbocycles. The minimum atomic E-state index is 0.250. The number of thiophene rings is 1. The van der Waals surface area contributed by atoms with Gasteiger partial charge >= 0.3 is 0 Å². The van der Waals surface area contributed by atoms with Gasteiger partial charge in [-0.05, 0) is 48.4 Å². The molecule has 1 aliphatic rings. The summed E-state index contributed by atoms with van der Waals surface area (Å²) < 4.78 is 0.849. The fourth-order valence-electron chi connectivity index (χ4n) is 3.98. The lowest BCUT2D eigenvalue weighted by atomic mass is 9.84. The third-order valence-electron chi connectivity index (χ3n) is 5.53. The number of nitrogens with zero attached hydrogens (tertiary/aromatic N) is 3. The number of hydrogen-bond acceptors (Lipinski definition) is 5. The van der Waals surface area contributed by atoms with Gasteiger partial charge in [-0.3, -0.25) is 9.98 Å². The summed E-state index contributed by atoms with van der Waals surface area (Å²) in [5.41, 5.74) is 12.8. The molecule has 34 heavy (non-hydrogen) atoms. The van der Waals surface area contributed by atoms with E-state index in [1.54, 1.807) is 29.7 Å². The first-order valence-corrected chi connectivity index (χ1v) is 12.3. The van der Waals surface area contributed by atoms with Gasteiger partial charge in [0.15, 0.2) is 0 Å². The zero-order valence-electron chi connectivity index (χ0n) is 19.7. The highest BCUT2D eigenvalue weighted by molar-refractivity contribution is 7.16. The molecule has 1 atom stereocenters. The van der Waals surface area contributed by atoms with E-state index in [-0.39, 0.29) is 5.92 Å². The van der Waals surface area contributed by atoms with Crippen LogP contribution in [0.15, 0.2) is 90.9 Å². The van der Waals surface area contributed by atoms with Crippen LogP contribution < -0.4 is 5.73 Å². The highest BCUT2D eigenvalue weighted by Gasteiger charge is 2.29. The number of nitrogens with two attached hydrogens (primary N) is 1. The largest absolute Gasteiger partial charge is 0.402 e. The van der Waals surface area contributed by atoms with Crippen molar-refractivity contribution in [2.45, 2.75) is 25.9 Å². The average molecular weight is 491 g/mol. The van der Waals surface area contributed by atoms with Crippen LogP contribution in [0.1, 0.15) is 40.0 Å². The maximum absolute atomic E-state index is 6.38. The number of fused-ring (bicyclic) bond motifs is 1. The van der Waals surface area contributed by atoms with Crippen LogP contribution in [0.5, 0.6) is 0 Å². The van der Waals surface area contributed by atoms with Crippen molar-refractivity contribution in [1.29, 1.82) is 0 Å². The number of rotatable bonds is 6. The minimum absolute atomic E-state index is 0.250. The van der Waals surface area contributed by atoms with Gasteiger partial charge in [0.2, 0.25) is 0 Å². The molecule has 3 heterocycles. The van der Waals surface area contributed by atoms with E-state index in [0.29, 0.717) is 6.54 Å². The van der Waals surface area contributed by atoms with Gasteiger partial charge < -0.3 is 10.6 Å². The van der Waals surface area contributed by atoms with Crippen molar-refractivity contribution in [2.75, 3.05) is 13.6 Å². The molecule has 0 fully saturated rings. The normalized spacial score (nSPS) is 16.3. The Hall–Kier alpha value is -2.99. The molecule has 176 valence electrons. The Bertz CT molecular complexity index is 1170. The number of aromatic nitrogens is 1. The second-order valence-corrected chi connectivity index (χ2v) is 9.93. The Morgan fingerprint density at radius 1 is 1.24 bits per heavy atom. The molecule has 1 unspecified atom stereocenters. The Morgan fingerprint density at radius 2 is 2.00 bits per heavy atom. The molecule has 4 rings (SSSR count). The van der Waals surface area contributed by atoms with E-state index >= 15 is 0 Å². The van der Waals surface area contributed by atoms with Crippen molar-refractivity contribution >= 4 is 34.7 Å². The van der Waals surface area contributed by atoms with E-state index in [1.807, 2.05) is 31.5 Å². The van der Waals surface area contributed by atoms with E-state index in [4.69, 9.17) is 17.3 Å². The van der Waals surface area contributed by atoms with Gasteiger partial charge in [0.05, 0.1) is 10.9 Å². The predicted octanol–water partition coefficient (Wildman–Crippen LogP) is 6.69. The molecule has 0 saturated heterocycles. The Morgan fingerprint density at radius 3 is 2.68 bits per heavy atom. The van der Waals surface area contributed by atoms with E-state index < -0.39 is 0 Å². The Labute approximate surface area is 211 Å². The highest BCUT2D eigenvalue weighted by Crippen LogP contribution is 2.41. The molecule has 0 radical (unpaired) electrons. The van der Waals surface area contributed by atoms with Crippen molar-refractivity contribution in [3.05, 3.63) is 117 Å². The highest BCUT2D eigenvalue weighted by atomic mass is 35.5. The van der Waals surface area contributed by atoms with Crippen LogP contribution in [0.4, 0.5) is 0 Å². The summed E-state index contributed by atoms with van der Waals surface area (Å²) in [6, 6.07) is 14.6. The van der Waals surface area contributed by atoms with E-state index in [9.17, 15) is 0 Å². The lowest BCUT2D eigenvalue weighted by Crippen LogP contribution is -2.30. The standard InChI is InChI=1S/C24H25ClN4S.C4H6/c1-16(26)21(13-28-12-17-6-5-9-27-11-17)18-7-3-4-8-19(18)22-14-29(2)15-23-20(22)10-24(25)30-23;1-3-4-2/h3-11,13,22H,12,14-15,26H2,1-2H3;3-4H,1-2H2/b21-16+,28-13?;. The van der Waals surface area contributed by atoms with Gasteiger partial charge in [-0.25, -0.2) is 0 Å². The number of halogens is 1. The molecule has 1 aromatic carbocycles. The monoisotopic (exact) mass is 490 g/mol. The lowest BCUT2D eigenvalue weighted by molar-refractivity contribution is 0.299. The summed E-state index contributed by atoms with van der Waals surface area (Å²) in [7, 11) is 2.16. The zero-order valence-corrected chi connectivity index (χ0v) is 21.3. The van der Waals surface area contributed by atoms with Gasteiger partial charge in [0.25, 0.3) is 0 Å². The van der Waals surface area contributed by atoms with Crippen LogP contribution >= 0.6 is 22.9 Å². The number of hydrogen-bond donors (Lipinski definition) is 1. The van der Waals surface area contributed by atoms with Crippen molar-refractivity contribution in [3.63, 3.8) is 0 Å². The number of allylic oxidation sites excluding steroid dienone is 4. The smallest absolute Gasteiger partial charge is 0.0934 e. The molecule has 0 spiro atoms. The molecule has 0 amide bonds. The summed E-state index contributed by atoms with van der Waals surface area (Å²) in [5.74, 6) is 0.250. The molecule has 0 bridgehead atoms. The van der Waals surface area contributed by atoms with E-state index in [2.05, 4.69) is 65.4 Å². The summed E-state index contributed by atoms with van der Waals surface area (Å²) in [6.45, 7) is 11.1. The third-order valence-corrected chi connectivity index (χ3v) is 6.79. The maximum atomic E-state index is 6.38. The number of pyridine rings is 1. The van der Waals surface area contributed by atoms with Crippen molar-refractivity contribution < 1.29 is 0 Å². The number of benzene rings is 1. The lowest BCUT2D eigenvalue weighted by Gasteiger charge is -2.31. The number of aliphatic imine (C=N–C) groups is 1. The first-order valence-electron chi connectivity index (χ1n) is 11.1. The van der Waals surface area contributed by atoms with E-state index in [1.165, 1.54) is 16.0 Å². The minimum Gasteiger partial charge on any atom is -0.402 e.